The molecule has 1 aromatic heterocycles. The van der Waals surface area contributed by atoms with Gasteiger partial charge < -0.3 is 16.2 Å². The van der Waals surface area contributed by atoms with Gasteiger partial charge in [-0.15, -0.1) is 11.3 Å². The highest BCUT2D eigenvalue weighted by molar-refractivity contribution is 7.16. The number of rotatable bonds is 5. The minimum absolute atomic E-state index is 0.332. The SMILES string of the molecule is CCC/C(C(=O)OCC)=C(/N)c1cc(N)sc1C. The number of nitrogens with two attached hydrogens (primary N) is 2. The highest BCUT2D eigenvalue weighted by atomic mass is 32.1. The Hall–Kier alpha value is -1.49. The van der Waals surface area contributed by atoms with Gasteiger partial charge in [-0.1, -0.05) is 13.3 Å². The average Bonchev–Trinajstić information content (AvgIpc) is 2.65. The Labute approximate surface area is 112 Å². The lowest BCUT2D eigenvalue weighted by atomic mass is 10.0. The van der Waals surface area contributed by atoms with E-state index in [0.29, 0.717) is 29.3 Å². The molecule has 4 N–H and O–H groups in total. The Morgan fingerprint density at radius 1 is 1.44 bits per heavy atom. The van der Waals surface area contributed by atoms with Crippen molar-refractivity contribution in [3.63, 3.8) is 0 Å². The number of hydrogen-bond acceptors (Lipinski definition) is 5. The van der Waals surface area contributed by atoms with E-state index in [4.69, 9.17) is 16.2 Å². The maximum atomic E-state index is 11.9. The second kappa shape index (κ2) is 6.44. The van der Waals surface area contributed by atoms with Gasteiger partial charge in [0, 0.05) is 10.4 Å². The van der Waals surface area contributed by atoms with E-state index in [-0.39, 0.29) is 5.97 Å². The molecule has 100 valence electrons. The van der Waals surface area contributed by atoms with Gasteiger partial charge in [0.15, 0.2) is 0 Å². The first-order chi connectivity index (χ1) is 8.51. The molecule has 0 aromatic carbocycles. The summed E-state index contributed by atoms with van der Waals surface area (Å²) in [6.45, 7) is 6.08. The van der Waals surface area contributed by atoms with E-state index < -0.39 is 0 Å². The molecule has 0 fully saturated rings. The first kappa shape index (κ1) is 14.6. The molecule has 0 saturated carbocycles. The molecule has 0 aliphatic rings. The number of carbonyl (C=O) groups is 1. The molecule has 1 heterocycles. The van der Waals surface area contributed by atoms with Crippen molar-refractivity contribution < 1.29 is 9.53 Å². The molecule has 1 rings (SSSR count). The van der Waals surface area contributed by atoms with E-state index in [0.717, 1.165) is 16.9 Å². The lowest BCUT2D eigenvalue weighted by Crippen LogP contribution is -2.13. The number of hydrogen-bond donors (Lipinski definition) is 2. The van der Waals surface area contributed by atoms with Crippen LogP contribution < -0.4 is 11.5 Å². The van der Waals surface area contributed by atoms with Gasteiger partial charge >= 0.3 is 5.97 Å². The van der Waals surface area contributed by atoms with Gasteiger partial charge in [0.25, 0.3) is 0 Å². The second-order valence-corrected chi connectivity index (χ2v) is 5.27. The monoisotopic (exact) mass is 268 g/mol. The number of thiophene rings is 1. The maximum Gasteiger partial charge on any atom is 0.336 e. The normalized spacial score (nSPS) is 12.2. The predicted octanol–water partition coefficient (Wildman–Crippen LogP) is 2.67. The van der Waals surface area contributed by atoms with Crippen LogP contribution in [0, 0.1) is 6.92 Å². The molecular formula is C13H20N2O2S. The standard InChI is InChI=1S/C13H20N2O2S/c1-4-6-9(13(16)17-5-2)12(15)10-7-11(14)18-8(10)3/h7H,4-6,14-15H2,1-3H3/b12-9-. The molecule has 4 nitrogen and oxygen atoms in total. The van der Waals surface area contributed by atoms with Crippen molar-refractivity contribution in [2.75, 3.05) is 12.3 Å². The molecule has 0 bridgehead atoms. The summed E-state index contributed by atoms with van der Waals surface area (Å²) in [4.78, 5) is 12.9. The molecule has 1 aromatic rings. The van der Waals surface area contributed by atoms with Gasteiger partial charge in [-0.2, -0.15) is 0 Å². The number of anilines is 1. The third-order valence-electron chi connectivity index (χ3n) is 2.57. The average molecular weight is 268 g/mol. The smallest absolute Gasteiger partial charge is 0.336 e. The summed E-state index contributed by atoms with van der Waals surface area (Å²) in [5, 5.41) is 0.699. The molecular weight excluding hydrogens is 248 g/mol. The first-order valence-electron chi connectivity index (χ1n) is 6.03. The highest BCUT2D eigenvalue weighted by Gasteiger charge is 2.17. The largest absolute Gasteiger partial charge is 0.463 e. The fourth-order valence-electron chi connectivity index (χ4n) is 1.75. The molecule has 0 aliphatic heterocycles. The van der Waals surface area contributed by atoms with E-state index in [9.17, 15) is 4.79 Å². The molecule has 18 heavy (non-hydrogen) atoms. The van der Waals surface area contributed by atoms with Crippen LogP contribution in [0.1, 0.15) is 37.1 Å². The summed E-state index contributed by atoms with van der Waals surface area (Å²) in [7, 11) is 0. The number of ether oxygens (including phenoxy) is 1. The zero-order chi connectivity index (χ0) is 13.7. The Bertz CT molecular complexity index is 464. The van der Waals surface area contributed by atoms with Crippen LogP contribution in [0.2, 0.25) is 0 Å². The van der Waals surface area contributed by atoms with Crippen LogP contribution in [0.5, 0.6) is 0 Å². The molecule has 0 saturated heterocycles. The second-order valence-electron chi connectivity index (χ2n) is 3.98. The quantitative estimate of drug-likeness (QED) is 0.635. The Balaban J connectivity index is 3.18. The zero-order valence-electron chi connectivity index (χ0n) is 11.1. The van der Waals surface area contributed by atoms with Crippen LogP contribution in [0.4, 0.5) is 5.00 Å². The van der Waals surface area contributed by atoms with E-state index in [1.54, 1.807) is 6.92 Å². The van der Waals surface area contributed by atoms with Crippen LogP contribution in [0.25, 0.3) is 5.70 Å². The number of aryl methyl sites for hydroxylation is 1. The number of nitrogen functional groups attached to an aromatic ring is 1. The third-order valence-corrected chi connectivity index (χ3v) is 3.45. The summed E-state index contributed by atoms with van der Waals surface area (Å²) >= 11 is 1.47. The molecule has 0 amide bonds. The number of carbonyl (C=O) groups excluding carboxylic acids is 1. The van der Waals surface area contributed by atoms with Gasteiger partial charge in [0.2, 0.25) is 0 Å². The zero-order valence-corrected chi connectivity index (χ0v) is 11.9. The van der Waals surface area contributed by atoms with Crippen molar-refractivity contribution in [2.45, 2.75) is 33.6 Å². The topological polar surface area (TPSA) is 78.3 Å². The van der Waals surface area contributed by atoms with Crippen LogP contribution in [-0.2, 0) is 9.53 Å². The lowest BCUT2D eigenvalue weighted by molar-refractivity contribution is -0.138. The van der Waals surface area contributed by atoms with Crippen molar-refractivity contribution in [2.24, 2.45) is 5.73 Å². The van der Waals surface area contributed by atoms with Gasteiger partial charge in [0.05, 0.1) is 22.9 Å². The van der Waals surface area contributed by atoms with Crippen molar-refractivity contribution in [3.8, 4) is 0 Å². The van der Waals surface area contributed by atoms with Gasteiger partial charge in [-0.3, -0.25) is 0 Å². The molecule has 0 unspecified atom stereocenters. The summed E-state index contributed by atoms with van der Waals surface area (Å²) in [6.07, 6.45) is 1.45. The Morgan fingerprint density at radius 2 is 2.11 bits per heavy atom. The summed E-state index contributed by atoms with van der Waals surface area (Å²) in [6, 6.07) is 1.81. The van der Waals surface area contributed by atoms with E-state index in [1.807, 2.05) is 19.9 Å². The van der Waals surface area contributed by atoms with Crippen LogP contribution in [-0.4, -0.2) is 12.6 Å². The first-order valence-corrected chi connectivity index (χ1v) is 6.84. The Morgan fingerprint density at radius 3 is 2.56 bits per heavy atom. The molecule has 0 radical (unpaired) electrons. The minimum Gasteiger partial charge on any atom is -0.463 e. The lowest BCUT2D eigenvalue weighted by Gasteiger charge is -2.10. The van der Waals surface area contributed by atoms with E-state index >= 15 is 0 Å². The number of esters is 1. The van der Waals surface area contributed by atoms with Crippen molar-refractivity contribution in [3.05, 3.63) is 22.1 Å². The van der Waals surface area contributed by atoms with Crippen molar-refractivity contribution in [1.29, 1.82) is 0 Å². The third kappa shape index (κ3) is 3.26. The highest BCUT2D eigenvalue weighted by Crippen LogP contribution is 2.29. The van der Waals surface area contributed by atoms with Gasteiger partial charge in [-0.25, -0.2) is 4.79 Å². The minimum atomic E-state index is -0.332. The van der Waals surface area contributed by atoms with Crippen molar-refractivity contribution in [1.82, 2.24) is 0 Å². The van der Waals surface area contributed by atoms with Crippen molar-refractivity contribution >= 4 is 28.0 Å². The fourth-order valence-corrected chi connectivity index (χ4v) is 2.56. The molecule has 0 atom stereocenters. The fraction of sp³-hybridized carbons (Fsp3) is 0.462. The van der Waals surface area contributed by atoms with Gasteiger partial charge in [-0.05, 0) is 26.3 Å². The molecule has 0 aliphatic carbocycles. The van der Waals surface area contributed by atoms with Crippen LogP contribution >= 0.6 is 11.3 Å². The summed E-state index contributed by atoms with van der Waals surface area (Å²) in [5.74, 6) is -0.332. The maximum absolute atomic E-state index is 11.9. The van der Waals surface area contributed by atoms with Crippen LogP contribution in [0.3, 0.4) is 0 Å². The summed E-state index contributed by atoms with van der Waals surface area (Å²) in [5.41, 5.74) is 13.7. The van der Waals surface area contributed by atoms with E-state index in [2.05, 4.69) is 0 Å². The predicted molar refractivity (Wildman–Crippen MR) is 76.1 cm³/mol. The van der Waals surface area contributed by atoms with Crippen LogP contribution in [0.15, 0.2) is 11.6 Å². The summed E-state index contributed by atoms with van der Waals surface area (Å²) < 4.78 is 5.04. The van der Waals surface area contributed by atoms with Gasteiger partial charge in [0.1, 0.15) is 0 Å². The molecule has 0 spiro atoms. The van der Waals surface area contributed by atoms with E-state index in [1.165, 1.54) is 11.3 Å². The Kier molecular flexibility index (Phi) is 5.22. The molecule has 5 heteroatoms.